The summed E-state index contributed by atoms with van der Waals surface area (Å²) in [5, 5.41) is 0. The molecule has 1 aromatic rings. The number of methoxy groups -OCH3 is 1. The summed E-state index contributed by atoms with van der Waals surface area (Å²) in [6, 6.07) is 5.84. The van der Waals surface area contributed by atoms with Gasteiger partial charge in [0.1, 0.15) is 5.75 Å². The third kappa shape index (κ3) is 1.86. The molecule has 0 amide bonds. The molecule has 0 aromatic heterocycles. The van der Waals surface area contributed by atoms with Crippen molar-refractivity contribution < 1.29 is 9.53 Å². The fourth-order valence-electron chi connectivity index (χ4n) is 2.79. The van der Waals surface area contributed by atoms with Crippen LogP contribution < -0.4 is 4.74 Å². The largest absolute Gasteiger partial charge is 0.497 e. The van der Waals surface area contributed by atoms with E-state index in [1.54, 1.807) is 7.11 Å². The van der Waals surface area contributed by atoms with Crippen LogP contribution in [0, 0.1) is 5.92 Å². The minimum Gasteiger partial charge on any atom is -0.497 e. The van der Waals surface area contributed by atoms with E-state index in [0.29, 0.717) is 0 Å². The molecule has 0 bridgehead atoms. The molecular formula is C16H20O2. The Morgan fingerprint density at radius 2 is 2.11 bits per heavy atom. The molecule has 1 aliphatic rings. The Kier molecular flexibility index (Phi) is 3.29. The molecule has 0 aliphatic heterocycles. The zero-order valence-electron chi connectivity index (χ0n) is 11.5. The van der Waals surface area contributed by atoms with Gasteiger partial charge >= 0.3 is 0 Å². The van der Waals surface area contributed by atoms with Crippen molar-refractivity contribution in [2.45, 2.75) is 32.6 Å². The molecule has 1 unspecified atom stereocenters. The molecule has 1 atom stereocenters. The van der Waals surface area contributed by atoms with Gasteiger partial charge in [-0.15, -0.1) is 0 Å². The molecule has 1 aliphatic carbocycles. The molecule has 0 N–H and O–H groups in total. The lowest BCUT2D eigenvalue weighted by molar-refractivity contribution is 0.0899. The number of Topliss-reactive ketones (excluding diaryl/α,β-unsaturated/α-hetero) is 1. The van der Waals surface area contributed by atoms with Crippen molar-refractivity contribution in [3.63, 3.8) is 0 Å². The molecule has 0 saturated carbocycles. The first-order valence-electron chi connectivity index (χ1n) is 6.36. The zero-order valence-corrected chi connectivity index (χ0v) is 11.5. The van der Waals surface area contributed by atoms with E-state index >= 15 is 0 Å². The summed E-state index contributed by atoms with van der Waals surface area (Å²) in [5.41, 5.74) is 1.87. The van der Waals surface area contributed by atoms with Crippen molar-refractivity contribution >= 4 is 5.78 Å². The number of hydrogen-bond acceptors (Lipinski definition) is 2. The SMILES string of the molecule is CC=CCC1C(=O)c2cc(OC)ccc2C1(C)C. The lowest BCUT2D eigenvalue weighted by Gasteiger charge is -2.26. The van der Waals surface area contributed by atoms with Crippen molar-refractivity contribution in [3.8, 4) is 5.75 Å². The molecule has 0 spiro atoms. The van der Waals surface area contributed by atoms with Gasteiger partial charge in [-0.25, -0.2) is 0 Å². The van der Waals surface area contributed by atoms with E-state index in [-0.39, 0.29) is 17.1 Å². The van der Waals surface area contributed by atoms with Gasteiger partial charge in [0, 0.05) is 16.9 Å². The maximum Gasteiger partial charge on any atom is 0.167 e. The number of carbonyl (C=O) groups is 1. The third-order valence-corrected chi connectivity index (χ3v) is 3.98. The smallest absolute Gasteiger partial charge is 0.167 e. The standard InChI is InChI=1S/C16H20O2/c1-5-6-7-14-15(17)12-10-11(18-4)8-9-13(12)16(14,2)3/h5-6,8-10,14H,7H2,1-4H3. The zero-order chi connectivity index (χ0) is 13.3. The lowest BCUT2D eigenvalue weighted by Crippen LogP contribution is -2.26. The number of hydrogen-bond donors (Lipinski definition) is 0. The maximum atomic E-state index is 12.5. The minimum absolute atomic E-state index is 0.0378. The minimum atomic E-state index is -0.0990. The fraction of sp³-hybridized carbons (Fsp3) is 0.438. The third-order valence-electron chi connectivity index (χ3n) is 3.98. The van der Waals surface area contributed by atoms with E-state index in [9.17, 15) is 4.79 Å². The highest BCUT2D eigenvalue weighted by atomic mass is 16.5. The summed E-state index contributed by atoms with van der Waals surface area (Å²) < 4.78 is 5.21. The highest BCUT2D eigenvalue weighted by Crippen LogP contribution is 2.45. The van der Waals surface area contributed by atoms with Gasteiger partial charge in [-0.1, -0.05) is 32.1 Å². The van der Waals surface area contributed by atoms with Crippen LogP contribution in [0.4, 0.5) is 0 Å². The quantitative estimate of drug-likeness (QED) is 0.757. The van der Waals surface area contributed by atoms with E-state index < -0.39 is 0 Å². The van der Waals surface area contributed by atoms with Gasteiger partial charge in [-0.2, -0.15) is 0 Å². The highest BCUT2D eigenvalue weighted by Gasteiger charge is 2.44. The number of ketones is 1. The predicted octanol–water partition coefficient (Wildman–Crippen LogP) is 3.75. The van der Waals surface area contributed by atoms with Crippen LogP contribution in [0.1, 0.15) is 43.1 Å². The molecule has 96 valence electrons. The van der Waals surface area contributed by atoms with Crippen LogP contribution in [-0.2, 0) is 5.41 Å². The Labute approximate surface area is 109 Å². The van der Waals surface area contributed by atoms with E-state index in [0.717, 1.165) is 23.3 Å². The van der Waals surface area contributed by atoms with E-state index in [2.05, 4.69) is 19.9 Å². The summed E-state index contributed by atoms with van der Waals surface area (Å²) in [5.74, 6) is 1.03. The van der Waals surface area contributed by atoms with Crippen LogP contribution in [0.15, 0.2) is 30.4 Å². The predicted molar refractivity (Wildman–Crippen MR) is 73.3 cm³/mol. The van der Waals surface area contributed by atoms with Gasteiger partial charge in [0.25, 0.3) is 0 Å². The summed E-state index contributed by atoms with van der Waals surface area (Å²) in [4.78, 5) is 12.5. The van der Waals surface area contributed by atoms with E-state index in [1.807, 2.05) is 31.2 Å². The topological polar surface area (TPSA) is 26.3 Å². The van der Waals surface area contributed by atoms with Crippen LogP contribution in [0.3, 0.4) is 0 Å². The monoisotopic (exact) mass is 244 g/mol. The number of carbonyl (C=O) groups excluding carboxylic acids is 1. The maximum absolute atomic E-state index is 12.5. The Balaban J connectivity index is 2.46. The number of allylic oxidation sites excluding steroid dienone is 2. The Morgan fingerprint density at radius 3 is 2.72 bits per heavy atom. The average Bonchev–Trinajstić information content (AvgIpc) is 2.55. The van der Waals surface area contributed by atoms with Gasteiger partial charge in [-0.3, -0.25) is 4.79 Å². The summed E-state index contributed by atoms with van der Waals surface area (Å²) in [6.07, 6.45) is 4.89. The number of rotatable bonds is 3. The van der Waals surface area contributed by atoms with Crippen molar-refractivity contribution in [2.24, 2.45) is 5.92 Å². The van der Waals surface area contributed by atoms with Crippen LogP contribution in [0.2, 0.25) is 0 Å². The molecule has 1 aromatic carbocycles. The van der Waals surface area contributed by atoms with Crippen LogP contribution in [0.25, 0.3) is 0 Å². The summed E-state index contributed by atoms with van der Waals surface area (Å²) in [6.45, 7) is 6.29. The molecule has 2 rings (SSSR count). The number of benzene rings is 1. The second kappa shape index (κ2) is 4.60. The first-order chi connectivity index (χ1) is 8.52. The van der Waals surface area contributed by atoms with Gasteiger partial charge in [0.15, 0.2) is 5.78 Å². The molecule has 0 saturated heterocycles. The normalized spacial score (nSPS) is 21.3. The van der Waals surface area contributed by atoms with Gasteiger partial charge in [0.05, 0.1) is 7.11 Å². The van der Waals surface area contributed by atoms with Gasteiger partial charge in [-0.05, 0) is 31.0 Å². The van der Waals surface area contributed by atoms with Gasteiger partial charge in [0.2, 0.25) is 0 Å². The van der Waals surface area contributed by atoms with Crippen molar-refractivity contribution in [3.05, 3.63) is 41.5 Å². The van der Waals surface area contributed by atoms with Crippen LogP contribution in [0.5, 0.6) is 5.75 Å². The second-order valence-electron chi connectivity index (χ2n) is 5.35. The Hall–Kier alpha value is -1.57. The highest BCUT2D eigenvalue weighted by molar-refractivity contribution is 6.04. The average molecular weight is 244 g/mol. The lowest BCUT2D eigenvalue weighted by atomic mass is 9.76. The Morgan fingerprint density at radius 1 is 1.39 bits per heavy atom. The molecule has 2 heteroatoms. The first kappa shape index (κ1) is 12.9. The van der Waals surface area contributed by atoms with Gasteiger partial charge < -0.3 is 4.74 Å². The molecule has 0 heterocycles. The van der Waals surface area contributed by atoms with Crippen molar-refractivity contribution in [1.82, 2.24) is 0 Å². The van der Waals surface area contributed by atoms with Crippen LogP contribution >= 0.6 is 0 Å². The van der Waals surface area contributed by atoms with E-state index in [4.69, 9.17) is 4.74 Å². The fourth-order valence-corrected chi connectivity index (χ4v) is 2.79. The summed E-state index contributed by atoms with van der Waals surface area (Å²) in [7, 11) is 1.63. The second-order valence-corrected chi connectivity index (χ2v) is 5.35. The molecular weight excluding hydrogens is 224 g/mol. The van der Waals surface area contributed by atoms with Crippen molar-refractivity contribution in [1.29, 1.82) is 0 Å². The Bertz CT molecular complexity index is 498. The number of ether oxygens (including phenoxy) is 1. The van der Waals surface area contributed by atoms with Crippen LogP contribution in [-0.4, -0.2) is 12.9 Å². The molecule has 2 nitrogen and oxygen atoms in total. The molecule has 18 heavy (non-hydrogen) atoms. The number of fused-ring (bicyclic) bond motifs is 1. The van der Waals surface area contributed by atoms with Crippen molar-refractivity contribution in [2.75, 3.05) is 7.11 Å². The summed E-state index contributed by atoms with van der Waals surface area (Å²) >= 11 is 0. The first-order valence-corrected chi connectivity index (χ1v) is 6.36. The molecule has 0 radical (unpaired) electrons. The molecule has 0 fully saturated rings. The van der Waals surface area contributed by atoms with E-state index in [1.165, 1.54) is 0 Å².